The van der Waals surface area contributed by atoms with Gasteiger partial charge in [-0.15, -0.1) is 29.7 Å². The molecule has 0 fully saturated rings. The Morgan fingerprint density at radius 1 is 0.931 bits per heavy atom. The summed E-state index contributed by atoms with van der Waals surface area (Å²) in [7, 11) is -1.11. The zero-order chi connectivity index (χ0) is 20.3. The van der Waals surface area contributed by atoms with E-state index in [1.165, 1.54) is 49.0 Å². The average Bonchev–Trinajstić information content (AvgIpc) is 3.12. The molecule has 0 heterocycles. The summed E-state index contributed by atoms with van der Waals surface area (Å²) in [6, 6.07) is 25.1. The molecule has 154 valence electrons. The van der Waals surface area contributed by atoms with Crippen molar-refractivity contribution in [3.8, 4) is 0 Å². The zero-order valence-corrected chi connectivity index (χ0v) is 22.9. The molecule has 3 rings (SSSR count). The summed E-state index contributed by atoms with van der Waals surface area (Å²) in [5.41, 5.74) is 1.37. The minimum atomic E-state index is -1.11. The van der Waals surface area contributed by atoms with Crippen LogP contribution in [-0.2, 0) is 24.2 Å². The Balaban J connectivity index is 0. The third-order valence-corrected chi connectivity index (χ3v) is 7.01. The number of halogens is 2. The van der Waals surface area contributed by atoms with Crippen LogP contribution in [0, 0.1) is 6.58 Å². The van der Waals surface area contributed by atoms with Gasteiger partial charge in [-0.3, -0.25) is 6.58 Å². The number of rotatable bonds is 3. The van der Waals surface area contributed by atoms with Crippen LogP contribution < -0.4 is 24.8 Å². The Labute approximate surface area is 205 Å². The molecular weight excluding hydrogens is 490 g/mol. The number of benzene rings is 2. The molecule has 3 aromatic carbocycles. The van der Waals surface area contributed by atoms with Crippen LogP contribution in [-0.4, -0.2) is 11.3 Å². The van der Waals surface area contributed by atoms with Crippen molar-refractivity contribution in [1.29, 1.82) is 0 Å². The van der Waals surface area contributed by atoms with E-state index in [-0.39, 0.29) is 24.8 Å². The molecule has 0 N–H and O–H groups in total. The van der Waals surface area contributed by atoms with Crippen molar-refractivity contribution in [2.75, 3.05) is 0 Å². The molecule has 0 unspecified atom stereocenters. The molecule has 0 bridgehead atoms. The molecule has 0 amide bonds. The summed E-state index contributed by atoms with van der Waals surface area (Å²) in [4.78, 5) is 0. The van der Waals surface area contributed by atoms with Gasteiger partial charge in [-0.2, -0.15) is 23.6 Å². The molecule has 0 aliphatic heterocycles. The summed E-state index contributed by atoms with van der Waals surface area (Å²) in [5.74, 6) is 0. The first-order chi connectivity index (χ1) is 12.8. The second kappa shape index (κ2) is 15.9. The largest absolute Gasteiger partial charge is 1.00 e. The van der Waals surface area contributed by atoms with Crippen molar-refractivity contribution < 1.29 is 49.0 Å². The first kappa shape index (κ1) is 30.3. The number of hydrogen-bond acceptors (Lipinski definition) is 0. The molecule has 0 aliphatic carbocycles. The van der Waals surface area contributed by atoms with Gasteiger partial charge in [0.25, 0.3) is 0 Å². The minimum absolute atomic E-state index is 0. The van der Waals surface area contributed by atoms with Crippen molar-refractivity contribution in [2.24, 2.45) is 0 Å². The maximum atomic E-state index is 5.41. The van der Waals surface area contributed by atoms with Gasteiger partial charge < -0.3 is 24.8 Å². The fraction of sp³-hybridized carbons (Fsp3) is 0.200. The van der Waals surface area contributed by atoms with Crippen molar-refractivity contribution in [3.63, 3.8) is 0 Å². The molecule has 0 nitrogen and oxygen atoms in total. The van der Waals surface area contributed by atoms with Crippen molar-refractivity contribution in [2.45, 2.75) is 33.5 Å². The third-order valence-electron chi connectivity index (χ3n) is 4.11. The van der Waals surface area contributed by atoms with Gasteiger partial charge in [0.05, 0.1) is 0 Å². The average molecular weight is 521 g/mol. The predicted molar refractivity (Wildman–Crippen MR) is 122 cm³/mol. The monoisotopic (exact) mass is 518 g/mol. The number of hydrogen-bond donors (Lipinski definition) is 0. The van der Waals surface area contributed by atoms with Crippen LogP contribution in [0.15, 0.2) is 90.1 Å². The number of fused-ring (bicyclic) bond motifs is 1. The Kier molecular flexibility index (Phi) is 16.6. The van der Waals surface area contributed by atoms with E-state index in [0.717, 1.165) is 0 Å². The molecule has 4 heteroatoms. The van der Waals surface area contributed by atoms with Crippen LogP contribution in [0.2, 0.25) is 19.6 Å². The van der Waals surface area contributed by atoms with E-state index in [9.17, 15) is 0 Å². The van der Waals surface area contributed by atoms with Crippen LogP contribution >= 0.6 is 0 Å². The molecule has 0 aromatic heterocycles. The summed E-state index contributed by atoms with van der Waals surface area (Å²) in [6.45, 7) is 16.5. The molecule has 0 saturated carbocycles. The molecule has 3 aromatic rings. The van der Waals surface area contributed by atoms with Gasteiger partial charge in [0.1, 0.15) is 0 Å². The van der Waals surface area contributed by atoms with Crippen LogP contribution in [0.25, 0.3) is 10.8 Å². The SMILES string of the molecule is C[C](=[Zr+2])c1ccccc1.[CH-]=CC(=CC)[Si](C)(C)C.[Cl-].[Cl-].c1ccc2[cH-]ccc2c1. The zero-order valence-electron chi connectivity index (χ0n) is 17.9. The van der Waals surface area contributed by atoms with E-state index in [1.54, 1.807) is 6.08 Å². The Hall–Kier alpha value is -0.920. The Morgan fingerprint density at radius 2 is 1.48 bits per heavy atom. The first-order valence-corrected chi connectivity index (χ1v) is 13.9. The van der Waals surface area contributed by atoms with Crippen molar-refractivity contribution >= 4 is 22.1 Å². The Morgan fingerprint density at radius 3 is 1.86 bits per heavy atom. The van der Waals surface area contributed by atoms with E-state index >= 15 is 0 Å². The molecule has 0 radical (unpaired) electrons. The van der Waals surface area contributed by atoms with Crippen molar-refractivity contribution in [3.05, 3.63) is 102 Å². The molecule has 0 saturated heterocycles. The fourth-order valence-corrected chi connectivity index (χ4v) is 4.31. The van der Waals surface area contributed by atoms with Gasteiger partial charge in [0, 0.05) is 0 Å². The maximum Gasteiger partial charge on any atom is -0.0114 e. The van der Waals surface area contributed by atoms with Gasteiger partial charge in [0.2, 0.25) is 0 Å². The van der Waals surface area contributed by atoms with Gasteiger partial charge in [-0.1, -0.05) is 32.6 Å². The van der Waals surface area contributed by atoms with Gasteiger partial charge in [-0.25, -0.2) is 11.3 Å². The van der Waals surface area contributed by atoms with E-state index in [4.69, 9.17) is 6.58 Å². The summed E-state index contributed by atoms with van der Waals surface area (Å²) in [6.07, 6.45) is 3.83. The molecule has 0 spiro atoms. The maximum absolute atomic E-state index is 5.41. The molecule has 29 heavy (non-hydrogen) atoms. The standard InChI is InChI=1S/C9H7.C8H15Si.C8H8.2ClH.Zr/c1-2-5-9-7-3-6-8(9)4-1;1-6-8(7-2)9(3,4)5;1-2-8-6-4-3-5-7-8;;;/h1-7H;1,6-7H,2-5H3;3-7H,1H3;2*1H;/q2*-1;;;;+2/p-2. The van der Waals surface area contributed by atoms with Gasteiger partial charge in [0.15, 0.2) is 0 Å². The summed E-state index contributed by atoms with van der Waals surface area (Å²) < 4.78 is 1.46. The third kappa shape index (κ3) is 11.7. The van der Waals surface area contributed by atoms with E-state index in [0.29, 0.717) is 0 Å². The van der Waals surface area contributed by atoms with Crippen LogP contribution in [0.4, 0.5) is 0 Å². The van der Waals surface area contributed by atoms with E-state index in [1.807, 2.05) is 13.0 Å². The predicted octanol–water partition coefficient (Wildman–Crippen LogP) is 1.14. The first-order valence-electron chi connectivity index (χ1n) is 9.22. The number of allylic oxidation sites excluding steroid dienone is 3. The smallest absolute Gasteiger partial charge is 0.0114 e. The quantitative estimate of drug-likeness (QED) is 0.276. The summed E-state index contributed by atoms with van der Waals surface area (Å²) >= 11 is 1.51. The van der Waals surface area contributed by atoms with Gasteiger partial charge in [-0.05, 0) is 8.07 Å². The molecular formula is C25H30Cl2SiZr-2. The molecule has 0 atom stereocenters. The van der Waals surface area contributed by atoms with Crippen LogP contribution in [0.1, 0.15) is 19.4 Å². The van der Waals surface area contributed by atoms with E-state index in [2.05, 4.69) is 99.4 Å². The van der Waals surface area contributed by atoms with Gasteiger partial charge >= 0.3 is 70.3 Å². The van der Waals surface area contributed by atoms with Crippen LogP contribution in [0.3, 0.4) is 0 Å². The van der Waals surface area contributed by atoms with Crippen LogP contribution in [0.5, 0.6) is 0 Å². The topological polar surface area (TPSA) is 0 Å². The summed E-state index contributed by atoms with van der Waals surface area (Å²) in [5, 5.41) is 4.00. The minimum Gasteiger partial charge on any atom is -1.00 e. The Bertz CT molecular complexity index is 844. The van der Waals surface area contributed by atoms with E-state index < -0.39 is 8.07 Å². The normalized spacial score (nSPS) is 10.2. The second-order valence-corrected chi connectivity index (χ2v) is 14.2. The second-order valence-electron chi connectivity index (χ2n) is 7.31. The fourth-order valence-electron chi connectivity index (χ4n) is 2.54. The molecule has 0 aliphatic rings. The van der Waals surface area contributed by atoms with Crippen molar-refractivity contribution in [1.82, 2.24) is 0 Å².